The second-order valence-electron chi connectivity index (χ2n) is 13.0. The molecular weight excluding hydrogens is 518 g/mol. The van der Waals surface area contributed by atoms with Crippen molar-refractivity contribution in [3.63, 3.8) is 0 Å². The molecule has 1 amide bonds. The molecule has 3 saturated carbocycles. The molecule has 0 bridgehead atoms. The molecule has 40 heavy (non-hydrogen) atoms. The van der Waals surface area contributed by atoms with Gasteiger partial charge in [0.25, 0.3) is 0 Å². The van der Waals surface area contributed by atoms with Gasteiger partial charge in [0.2, 0.25) is 11.7 Å². The number of nitrogens with zero attached hydrogens (tertiary/aromatic N) is 1. The lowest BCUT2D eigenvalue weighted by molar-refractivity contribution is -0.174. The maximum atomic E-state index is 13.7. The number of allylic oxidation sites excluding steroid dienone is 1. The second-order valence-corrected chi connectivity index (χ2v) is 13.0. The first-order chi connectivity index (χ1) is 18.8. The van der Waals surface area contributed by atoms with E-state index >= 15 is 0 Å². The molecule has 1 unspecified atom stereocenters. The van der Waals surface area contributed by atoms with Crippen molar-refractivity contribution < 1.29 is 43.7 Å². The zero-order chi connectivity index (χ0) is 29.0. The lowest BCUT2D eigenvalue weighted by atomic mass is 9.46. The van der Waals surface area contributed by atoms with Crippen molar-refractivity contribution >= 4 is 35.2 Å². The Hall–Kier alpha value is -2.88. The smallest absolute Gasteiger partial charge is 0.326 e. The molecule has 1 aliphatic heterocycles. The van der Waals surface area contributed by atoms with Crippen LogP contribution in [0.1, 0.15) is 84.5 Å². The predicted octanol–water partition coefficient (Wildman–Crippen LogP) is 2.40. The number of ether oxygens (including phenoxy) is 1. The van der Waals surface area contributed by atoms with Crippen LogP contribution in [0.25, 0.3) is 0 Å². The number of hydrogen-bond acceptors (Lipinski definition) is 8. The average molecular weight is 558 g/mol. The molecule has 218 valence electrons. The number of aliphatic hydroxyl groups is 1. The van der Waals surface area contributed by atoms with E-state index in [0.717, 1.165) is 18.4 Å². The van der Waals surface area contributed by atoms with Crippen LogP contribution in [0.15, 0.2) is 11.6 Å². The first kappa shape index (κ1) is 28.6. The highest BCUT2D eigenvalue weighted by molar-refractivity contribution is 5.95. The van der Waals surface area contributed by atoms with Crippen molar-refractivity contribution in [3.05, 3.63) is 11.6 Å². The van der Waals surface area contributed by atoms with Crippen LogP contribution in [-0.2, 0) is 33.5 Å². The summed E-state index contributed by atoms with van der Waals surface area (Å²) in [5, 5.41) is 21.0. The summed E-state index contributed by atoms with van der Waals surface area (Å²) in [5.41, 5.74) is -2.10. The Kier molecular flexibility index (Phi) is 7.30. The molecule has 0 aromatic heterocycles. The quantitative estimate of drug-likeness (QED) is 0.449. The largest absolute Gasteiger partial charge is 0.480 e. The number of carboxylic acids is 1. The van der Waals surface area contributed by atoms with Gasteiger partial charge in [-0.1, -0.05) is 19.4 Å². The van der Waals surface area contributed by atoms with Crippen LogP contribution in [0.2, 0.25) is 0 Å². The number of amides is 1. The molecule has 0 radical (unpaired) electrons. The third-order valence-electron chi connectivity index (χ3n) is 11.0. The zero-order valence-corrected chi connectivity index (χ0v) is 23.3. The molecular formula is C30H39NO9. The SMILES string of the molecule is C[C@]12CCC(=O)C=C1CC[C@@H]1[C@@H]2C(=O)C[C@@]2(C)[C@H]1CC[C@]2(O)C(=O)COC(=O)CCC(=O)N1CCCC1C(=O)O. The van der Waals surface area contributed by atoms with Gasteiger partial charge >= 0.3 is 11.9 Å². The third kappa shape index (κ3) is 4.43. The van der Waals surface area contributed by atoms with Gasteiger partial charge in [0.05, 0.1) is 6.42 Å². The van der Waals surface area contributed by atoms with Gasteiger partial charge in [-0.05, 0) is 68.3 Å². The summed E-state index contributed by atoms with van der Waals surface area (Å²) in [7, 11) is 0. The Morgan fingerprint density at radius 3 is 2.52 bits per heavy atom. The Balaban J connectivity index is 1.22. The van der Waals surface area contributed by atoms with Gasteiger partial charge < -0.3 is 19.8 Å². The molecule has 2 N–H and O–H groups in total. The van der Waals surface area contributed by atoms with Crippen LogP contribution in [0.3, 0.4) is 0 Å². The Labute approximate surface area is 233 Å². The van der Waals surface area contributed by atoms with E-state index in [0.29, 0.717) is 38.6 Å². The van der Waals surface area contributed by atoms with Crippen molar-refractivity contribution in [2.75, 3.05) is 13.2 Å². The molecule has 1 saturated heterocycles. The molecule has 5 aliphatic rings. The molecule has 5 rings (SSSR count). The van der Waals surface area contributed by atoms with Crippen LogP contribution in [-0.4, -0.2) is 75.1 Å². The first-order valence-electron chi connectivity index (χ1n) is 14.5. The lowest BCUT2D eigenvalue weighted by Crippen LogP contribution is -2.61. The van der Waals surface area contributed by atoms with E-state index in [1.54, 1.807) is 6.08 Å². The number of aliphatic carboxylic acids is 1. The minimum atomic E-state index is -1.81. The summed E-state index contributed by atoms with van der Waals surface area (Å²) in [6, 6.07) is -0.886. The monoisotopic (exact) mass is 557 g/mol. The molecule has 1 heterocycles. The lowest BCUT2D eigenvalue weighted by Gasteiger charge is -2.57. The van der Waals surface area contributed by atoms with Gasteiger partial charge in [0.1, 0.15) is 17.4 Å². The Morgan fingerprint density at radius 1 is 1.05 bits per heavy atom. The van der Waals surface area contributed by atoms with Crippen LogP contribution < -0.4 is 0 Å². The summed E-state index contributed by atoms with van der Waals surface area (Å²) in [6.07, 6.45) is 5.53. The van der Waals surface area contributed by atoms with Crippen LogP contribution in [0.4, 0.5) is 0 Å². The normalized spacial score (nSPS) is 38.7. The highest BCUT2D eigenvalue weighted by Crippen LogP contribution is 2.66. The number of hydrogen-bond donors (Lipinski definition) is 2. The van der Waals surface area contributed by atoms with Crippen LogP contribution in [0.5, 0.6) is 0 Å². The van der Waals surface area contributed by atoms with Gasteiger partial charge in [-0.3, -0.25) is 24.0 Å². The van der Waals surface area contributed by atoms with E-state index in [4.69, 9.17) is 4.74 Å². The van der Waals surface area contributed by atoms with E-state index in [1.807, 2.05) is 6.92 Å². The van der Waals surface area contributed by atoms with Crippen molar-refractivity contribution in [1.82, 2.24) is 4.90 Å². The minimum absolute atomic E-state index is 0.0113. The number of rotatable bonds is 7. The number of carboxylic acid groups (broad SMARTS) is 1. The van der Waals surface area contributed by atoms with Crippen molar-refractivity contribution in [2.45, 2.75) is 96.1 Å². The van der Waals surface area contributed by atoms with Crippen molar-refractivity contribution in [3.8, 4) is 0 Å². The summed E-state index contributed by atoms with van der Waals surface area (Å²) in [5.74, 6) is -3.07. The van der Waals surface area contributed by atoms with Crippen molar-refractivity contribution in [1.29, 1.82) is 0 Å². The number of likely N-dealkylation sites (tertiary alicyclic amines) is 1. The molecule has 7 atom stereocenters. The number of carbonyl (C=O) groups excluding carboxylic acids is 5. The summed E-state index contributed by atoms with van der Waals surface area (Å²) in [4.78, 5) is 76.5. The van der Waals surface area contributed by atoms with Gasteiger partial charge in [0, 0.05) is 37.1 Å². The highest BCUT2D eigenvalue weighted by atomic mass is 16.5. The Bertz CT molecular complexity index is 1190. The standard InChI is InChI=1S/C30H39NO9/c1-28-11-9-18(32)14-17(28)5-6-19-20-10-12-30(39,29(20,2)15-22(33)26(19)28)23(34)16-40-25(36)8-7-24(35)31-13-3-4-21(31)27(37)38/h14,19-21,26,39H,3-13,15-16H2,1-2H3,(H,37,38)/t19-,20-,21?,26+,28-,29-,30-/m0/s1. The maximum Gasteiger partial charge on any atom is 0.326 e. The third-order valence-corrected chi connectivity index (χ3v) is 11.0. The highest BCUT2D eigenvalue weighted by Gasteiger charge is 2.68. The molecule has 0 aromatic rings. The topological polar surface area (TPSA) is 155 Å². The van der Waals surface area contributed by atoms with E-state index in [-0.39, 0.29) is 60.4 Å². The van der Waals surface area contributed by atoms with E-state index < -0.39 is 47.3 Å². The molecule has 4 fully saturated rings. The fourth-order valence-corrected chi connectivity index (χ4v) is 8.86. The fraction of sp³-hybridized carbons (Fsp3) is 0.733. The van der Waals surface area contributed by atoms with Crippen LogP contribution in [0, 0.1) is 28.6 Å². The van der Waals surface area contributed by atoms with Gasteiger partial charge in [0.15, 0.2) is 12.4 Å². The number of fused-ring (bicyclic) bond motifs is 5. The maximum absolute atomic E-state index is 13.7. The zero-order valence-electron chi connectivity index (χ0n) is 23.3. The first-order valence-corrected chi connectivity index (χ1v) is 14.5. The Morgan fingerprint density at radius 2 is 1.80 bits per heavy atom. The summed E-state index contributed by atoms with van der Waals surface area (Å²) >= 11 is 0. The number of esters is 1. The molecule has 10 nitrogen and oxygen atoms in total. The van der Waals surface area contributed by atoms with E-state index in [2.05, 4.69) is 6.92 Å². The predicted molar refractivity (Wildman–Crippen MR) is 140 cm³/mol. The minimum Gasteiger partial charge on any atom is -0.480 e. The second kappa shape index (κ2) is 10.2. The molecule has 10 heteroatoms. The average Bonchev–Trinajstić information content (AvgIpc) is 3.50. The molecule has 4 aliphatic carbocycles. The summed E-state index contributed by atoms with van der Waals surface area (Å²) < 4.78 is 5.16. The van der Waals surface area contributed by atoms with Gasteiger partial charge in [-0.15, -0.1) is 0 Å². The fourth-order valence-electron chi connectivity index (χ4n) is 8.86. The van der Waals surface area contributed by atoms with Crippen LogP contribution >= 0.6 is 0 Å². The van der Waals surface area contributed by atoms with Gasteiger partial charge in [-0.25, -0.2) is 4.79 Å². The number of ketones is 3. The number of Topliss-reactive ketones (excluding diaryl/α,β-unsaturated/α-hetero) is 2. The number of carbonyl (C=O) groups is 6. The molecule has 0 spiro atoms. The van der Waals surface area contributed by atoms with E-state index in [1.165, 1.54) is 4.90 Å². The van der Waals surface area contributed by atoms with E-state index in [9.17, 15) is 39.0 Å². The van der Waals surface area contributed by atoms with Crippen molar-refractivity contribution in [2.24, 2.45) is 28.6 Å². The van der Waals surface area contributed by atoms with Gasteiger partial charge in [-0.2, -0.15) is 0 Å². The summed E-state index contributed by atoms with van der Waals surface area (Å²) in [6.45, 7) is 3.57. The molecule has 0 aromatic carbocycles.